The second-order valence-electron chi connectivity index (χ2n) is 8.17. The van der Waals surface area contributed by atoms with E-state index in [0.717, 1.165) is 61.8 Å². The maximum atomic E-state index is 12.7. The normalized spacial score (nSPS) is 17.4. The molecular weight excluding hydrogens is 380 g/mol. The van der Waals surface area contributed by atoms with Crippen LogP contribution >= 0.6 is 0 Å². The molecule has 3 heterocycles. The first-order chi connectivity index (χ1) is 14.5. The van der Waals surface area contributed by atoms with Gasteiger partial charge < -0.3 is 15.1 Å². The van der Waals surface area contributed by atoms with Gasteiger partial charge in [0.1, 0.15) is 0 Å². The summed E-state index contributed by atoms with van der Waals surface area (Å²) in [7, 11) is 0. The van der Waals surface area contributed by atoms with Gasteiger partial charge in [0.2, 0.25) is 5.91 Å². The van der Waals surface area contributed by atoms with Crippen molar-refractivity contribution in [1.29, 1.82) is 0 Å². The minimum absolute atomic E-state index is 0.106. The number of hydrogen-bond donors (Lipinski definition) is 1. The molecule has 0 unspecified atom stereocenters. The van der Waals surface area contributed by atoms with Gasteiger partial charge in [-0.15, -0.1) is 0 Å². The number of piperazine rings is 1. The van der Waals surface area contributed by atoms with Gasteiger partial charge in [-0.25, -0.2) is 9.48 Å². The zero-order valence-corrected chi connectivity index (χ0v) is 17.8. The Balaban J connectivity index is 1.30. The summed E-state index contributed by atoms with van der Waals surface area (Å²) in [6.07, 6.45) is 2.22. The van der Waals surface area contributed by atoms with Crippen molar-refractivity contribution in [1.82, 2.24) is 24.5 Å². The van der Waals surface area contributed by atoms with Crippen molar-refractivity contribution in [2.24, 2.45) is 0 Å². The fourth-order valence-electron chi connectivity index (χ4n) is 4.18. The number of benzene rings is 1. The summed E-state index contributed by atoms with van der Waals surface area (Å²) in [4.78, 5) is 31.0. The van der Waals surface area contributed by atoms with Gasteiger partial charge in [-0.05, 0) is 51.0 Å². The standard InChI is InChI=1S/C22H30N6O2/c1-17-14-18(2)28(24-17)20-7-5-6-19(15-20)23-22(30)27-12-10-25(11-13-27)16-21(29)26-8-3-4-9-26/h5-7,14-15H,3-4,8-13,16H2,1-2H3,(H,23,30). The molecule has 2 aliphatic rings. The van der Waals surface area contributed by atoms with E-state index in [1.54, 1.807) is 0 Å². The molecule has 0 saturated carbocycles. The Labute approximate surface area is 177 Å². The second-order valence-corrected chi connectivity index (χ2v) is 8.17. The van der Waals surface area contributed by atoms with E-state index in [0.29, 0.717) is 19.6 Å². The van der Waals surface area contributed by atoms with Crippen LogP contribution in [0.1, 0.15) is 24.2 Å². The molecule has 3 amide bonds. The minimum Gasteiger partial charge on any atom is -0.342 e. The van der Waals surface area contributed by atoms with E-state index in [2.05, 4.69) is 15.3 Å². The Hall–Kier alpha value is -2.87. The third-order valence-electron chi connectivity index (χ3n) is 5.83. The van der Waals surface area contributed by atoms with Crippen molar-refractivity contribution in [2.45, 2.75) is 26.7 Å². The Morgan fingerprint density at radius 2 is 1.70 bits per heavy atom. The summed E-state index contributed by atoms with van der Waals surface area (Å²) in [5.41, 5.74) is 3.68. The average Bonchev–Trinajstić information content (AvgIpc) is 3.38. The van der Waals surface area contributed by atoms with Crippen LogP contribution in [0.4, 0.5) is 10.5 Å². The number of carbonyl (C=O) groups is 2. The second kappa shape index (κ2) is 8.87. The molecule has 8 nitrogen and oxygen atoms in total. The summed E-state index contributed by atoms with van der Waals surface area (Å²) >= 11 is 0. The monoisotopic (exact) mass is 410 g/mol. The molecule has 160 valence electrons. The van der Waals surface area contributed by atoms with Gasteiger partial charge in [-0.2, -0.15) is 5.10 Å². The SMILES string of the molecule is Cc1cc(C)n(-c2cccc(NC(=O)N3CCN(CC(=O)N4CCCC4)CC3)c2)n1. The van der Waals surface area contributed by atoms with Crippen LogP contribution in [-0.4, -0.2) is 82.2 Å². The van der Waals surface area contributed by atoms with Crippen LogP contribution < -0.4 is 5.32 Å². The number of urea groups is 1. The smallest absolute Gasteiger partial charge is 0.321 e. The number of amides is 3. The first-order valence-corrected chi connectivity index (χ1v) is 10.7. The number of carbonyl (C=O) groups excluding carboxylic acids is 2. The van der Waals surface area contributed by atoms with Crippen LogP contribution in [0.15, 0.2) is 30.3 Å². The third kappa shape index (κ3) is 4.64. The quantitative estimate of drug-likeness (QED) is 0.839. The van der Waals surface area contributed by atoms with Crippen molar-refractivity contribution >= 4 is 17.6 Å². The molecule has 0 atom stereocenters. The molecule has 0 radical (unpaired) electrons. The number of likely N-dealkylation sites (tertiary alicyclic amines) is 1. The van der Waals surface area contributed by atoms with Gasteiger partial charge in [0.05, 0.1) is 17.9 Å². The highest BCUT2D eigenvalue weighted by Crippen LogP contribution is 2.18. The molecule has 2 aliphatic heterocycles. The maximum absolute atomic E-state index is 12.7. The number of rotatable bonds is 4. The fraction of sp³-hybridized carbons (Fsp3) is 0.500. The Morgan fingerprint density at radius 1 is 0.967 bits per heavy atom. The van der Waals surface area contributed by atoms with Crippen LogP contribution in [0, 0.1) is 13.8 Å². The van der Waals surface area contributed by atoms with Crippen LogP contribution in [-0.2, 0) is 4.79 Å². The summed E-state index contributed by atoms with van der Waals surface area (Å²) < 4.78 is 1.88. The summed E-state index contributed by atoms with van der Waals surface area (Å²) in [5.74, 6) is 0.214. The molecule has 2 fully saturated rings. The average molecular weight is 411 g/mol. The minimum atomic E-state index is -0.106. The van der Waals surface area contributed by atoms with E-state index in [9.17, 15) is 9.59 Å². The van der Waals surface area contributed by atoms with E-state index in [4.69, 9.17) is 0 Å². The van der Waals surface area contributed by atoms with Gasteiger partial charge >= 0.3 is 6.03 Å². The summed E-state index contributed by atoms with van der Waals surface area (Å²) in [6.45, 7) is 8.90. The number of aromatic nitrogens is 2. The zero-order chi connectivity index (χ0) is 21.1. The summed E-state index contributed by atoms with van der Waals surface area (Å²) in [5, 5.41) is 7.51. The summed E-state index contributed by atoms with van der Waals surface area (Å²) in [6, 6.07) is 9.64. The van der Waals surface area contributed by atoms with Gasteiger partial charge in [0.15, 0.2) is 0 Å². The molecule has 8 heteroatoms. The van der Waals surface area contributed by atoms with Crippen LogP contribution in [0.2, 0.25) is 0 Å². The van der Waals surface area contributed by atoms with Gasteiger partial charge in [0.25, 0.3) is 0 Å². The molecule has 4 rings (SSSR count). The number of anilines is 1. The Morgan fingerprint density at radius 3 is 2.37 bits per heavy atom. The molecule has 1 aromatic carbocycles. The highest BCUT2D eigenvalue weighted by atomic mass is 16.2. The number of nitrogens with one attached hydrogen (secondary N) is 1. The lowest BCUT2D eigenvalue weighted by Gasteiger charge is -2.35. The van der Waals surface area contributed by atoms with Crippen LogP contribution in [0.3, 0.4) is 0 Å². The van der Waals surface area contributed by atoms with E-state index in [1.165, 1.54) is 0 Å². The van der Waals surface area contributed by atoms with Crippen LogP contribution in [0.25, 0.3) is 5.69 Å². The lowest BCUT2D eigenvalue weighted by atomic mass is 10.2. The molecule has 0 bridgehead atoms. The first kappa shape index (κ1) is 20.4. The molecule has 0 spiro atoms. The predicted molar refractivity (Wildman–Crippen MR) is 116 cm³/mol. The fourth-order valence-corrected chi connectivity index (χ4v) is 4.18. The molecular formula is C22H30N6O2. The lowest BCUT2D eigenvalue weighted by molar-refractivity contribution is -0.131. The maximum Gasteiger partial charge on any atom is 0.321 e. The molecule has 1 aromatic heterocycles. The molecule has 0 aliphatic carbocycles. The molecule has 1 N–H and O–H groups in total. The molecule has 2 saturated heterocycles. The molecule has 30 heavy (non-hydrogen) atoms. The van der Waals surface area contributed by atoms with E-state index in [-0.39, 0.29) is 11.9 Å². The number of aryl methyl sites for hydroxylation is 2. The van der Waals surface area contributed by atoms with E-state index < -0.39 is 0 Å². The zero-order valence-electron chi connectivity index (χ0n) is 17.8. The van der Waals surface area contributed by atoms with E-state index in [1.807, 2.05) is 58.7 Å². The topological polar surface area (TPSA) is 73.7 Å². The lowest BCUT2D eigenvalue weighted by Crippen LogP contribution is -2.52. The number of hydrogen-bond acceptors (Lipinski definition) is 4. The van der Waals surface area contributed by atoms with E-state index >= 15 is 0 Å². The van der Waals surface area contributed by atoms with Gasteiger partial charge in [-0.1, -0.05) is 6.07 Å². The van der Waals surface area contributed by atoms with Crippen LogP contribution in [0.5, 0.6) is 0 Å². The Kier molecular flexibility index (Phi) is 6.03. The molecule has 2 aromatic rings. The number of nitrogens with zero attached hydrogens (tertiary/aromatic N) is 5. The first-order valence-electron chi connectivity index (χ1n) is 10.7. The van der Waals surface area contributed by atoms with Crippen molar-refractivity contribution in [3.05, 3.63) is 41.7 Å². The van der Waals surface area contributed by atoms with Crippen molar-refractivity contribution in [3.63, 3.8) is 0 Å². The van der Waals surface area contributed by atoms with Gasteiger partial charge in [0, 0.05) is 50.6 Å². The highest BCUT2D eigenvalue weighted by molar-refractivity contribution is 5.89. The largest absolute Gasteiger partial charge is 0.342 e. The van der Waals surface area contributed by atoms with Crippen molar-refractivity contribution < 1.29 is 9.59 Å². The Bertz CT molecular complexity index is 910. The highest BCUT2D eigenvalue weighted by Gasteiger charge is 2.25. The van der Waals surface area contributed by atoms with Gasteiger partial charge in [-0.3, -0.25) is 9.69 Å². The van der Waals surface area contributed by atoms with Crippen molar-refractivity contribution in [3.8, 4) is 5.69 Å². The third-order valence-corrected chi connectivity index (χ3v) is 5.83. The van der Waals surface area contributed by atoms with Crippen molar-refractivity contribution in [2.75, 3.05) is 51.1 Å². The predicted octanol–water partition coefficient (Wildman–Crippen LogP) is 2.26.